The van der Waals surface area contributed by atoms with E-state index in [9.17, 15) is 23.2 Å². The monoisotopic (exact) mass is 498 g/mol. The molecular weight excluding hydrogens is 473 g/mol. The van der Waals surface area contributed by atoms with Crippen molar-refractivity contribution >= 4 is 29.0 Å². The summed E-state index contributed by atoms with van der Waals surface area (Å²) in [5.74, 6) is -0.325. The van der Waals surface area contributed by atoms with E-state index in [1.165, 1.54) is 17.0 Å². The van der Waals surface area contributed by atoms with E-state index in [1.54, 1.807) is 24.3 Å². The molecule has 4 rings (SSSR count). The molecule has 4 nitrogen and oxygen atoms in total. The molecule has 1 aliphatic rings. The first-order valence-corrected chi connectivity index (χ1v) is 12.3. The van der Waals surface area contributed by atoms with Crippen LogP contribution in [0.2, 0.25) is 0 Å². The first-order valence-electron chi connectivity index (χ1n) is 11.5. The Kier molecular flexibility index (Phi) is 6.91. The quantitative estimate of drug-likeness (QED) is 0.274. The van der Waals surface area contributed by atoms with Crippen LogP contribution in [0.15, 0.2) is 30.3 Å². The van der Waals surface area contributed by atoms with Crippen LogP contribution in [-0.4, -0.2) is 17.1 Å². The number of hydrogen-bond acceptors (Lipinski definition) is 4. The highest BCUT2D eigenvalue weighted by atomic mass is 32.1. The number of hydrogen-bond donors (Lipinski definition) is 0. The van der Waals surface area contributed by atoms with Crippen LogP contribution in [0.3, 0.4) is 0 Å². The van der Waals surface area contributed by atoms with E-state index < -0.39 is 11.7 Å². The van der Waals surface area contributed by atoms with Gasteiger partial charge in [0.15, 0.2) is 0 Å². The van der Waals surface area contributed by atoms with Gasteiger partial charge in [-0.2, -0.15) is 18.4 Å². The van der Waals surface area contributed by atoms with Crippen LogP contribution in [0.1, 0.15) is 68.6 Å². The SMILES string of the molecule is CCOC(=O)c1c(-n2c(C)cc(/C=C(\C#N)c3ccc(C(F)(F)F)cc3)c2C)sc2c1CCCC2. The number of alkyl halides is 3. The Morgan fingerprint density at radius 1 is 1.20 bits per heavy atom. The Morgan fingerprint density at radius 3 is 2.51 bits per heavy atom. The largest absolute Gasteiger partial charge is 0.462 e. The lowest BCUT2D eigenvalue weighted by Gasteiger charge is -2.13. The van der Waals surface area contributed by atoms with Gasteiger partial charge < -0.3 is 9.30 Å². The maximum absolute atomic E-state index is 12.9. The van der Waals surface area contributed by atoms with Crippen molar-refractivity contribution in [2.75, 3.05) is 6.61 Å². The van der Waals surface area contributed by atoms with Crippen LogP contribution in [-0.2, 0) is 23.8 Å². The number of esters is 1. The second kappa shape index (κ2) is 9.74. The molecule has 0 N–H and O–H groups in total. The number of allylic oxidation sites excluding steroid dienone is 1. The lowest BCUT2D eigenvalue weighted by atomic mass is 9.95. The van der Waals surface area contributed by atoms with Gasteiger partial charge in [0.2, 0.25) is 0 Å². The van der Waals surface area contributed by atoms with E-state index >= 15 is 0 Å². The molecule has 0 saturated heterocycles. The van der Waals surface area contributed by atoms with Gasteiger partial charge in [-0.05, 0) is 87.4 Å². The molecule has 8 heteroatoms. The number of halogens is 3. The topological polar surface area (TPSA) is 55.0 Å². The van der Waals surface area contributed by atoms with Gasteiger partial charge in [0.1, 0.15) is 5.00 Å². The van der Waals surface area contributed by atoms with Crippen LogP contribution < -0.4 is 0 Å². The molecule has 182 valence electrons. The Hall–Kier alpha value is -3.31. The van der Waals surface area contributed by atoms with Crippen LogP contribution >= 0.6 is 11.3 Å². The Balaban J connectivity index is 1.79. The summed E-state index contributed by atoms with van der Waals surface area (Å²) in [4.78, 5) is 14.2. The van der Waals surface area contributed by atoms with Gasteiger partial charge >= 0.3 is 12.1 Å². The summed E-state index contributed by atoms with van der Waals surface area (Å²) >= 11 is 1.61. The van der Waals surface area contributed by atoms with Gasteiger partial charge in [-0.15, -0.1) is 11.3 Å². The fraction of sp³-hybridized carbons (Fsp3) is 0.333. The zero-order chi connectivity index (χ0) is 25.3. The van der Waals surface area contributed by atoms with Crippen molar-refractivity contribution < 1.29 is 22.7 Å². The third-order valence-corrected chi connectivity index (χ3v) is 7.53. The normalized spacial score (nSPS) is 13.9. The first-order chi connectivity index (χ1) is 16.7. The van der Waals surface area contributed by atoms with E-state index in [4.69, 9.17) is 4.74 Å². The second-order valence-corrected chi connectivity index (χ2v) is 9.60. The molecule has 0 bridgehead atoms. The number of ether oxygens (including phenoxy) is 1. The highest BCUT2D eigenvalue weighted by Crippen LogP contribution is 2.39. The van der Waals surface area contributed by atoms with Crippen LogP contribution in [0, 0.1) is 25.2 Å². The highest BCUT2D eigenvalue weighted by Gasteiger charge is 2.30. The number of fused-ring (bicyclic) bond motifs is 1. The van der Waals surface area contributed by atoms with Crippen molar-refractivity contribution in [2.24, 2.45) is 0 Å². The van der Waals surface area contributed by atoms with Crippen molar-refractivity contribution in [2.45, 2.75) is 52.6 Å². The molecule has 0 fully saturated rings. The van der Waals surface area contributed by atoms with Gasteiger partial charge in [0.05, 0.1) is 29.4 Å². The van der Waals surface area contributed by atoms with Gasteiger partial charge in [0, 0.05) is 16.3 Å². The first kappa shape index (κ1) is 24.8. The Morgan fingerprint density at radius 2 is 1.89 bits per heavy atom. The molecule has 35 heavy (non-hydrogen) atoms. The van der Waals surface area contributed by atoms with Gasteiger partial charge in [-0.1, -0.05) is 12.1 Å². The van der Waals surface area contributed by atoms with Gasteiger partial charge in [-0.25, -0.2) is 4.79 Å². The maximum atomic E-state index is 12.9. The average Bonchev–Trinajstić information content (AvgIpc) is 3.33. The van der Waals surface area contributed by atoms with E-state index in [2.05, 4.69) is 6.07 Å². The predicted octanol–water partition coefficient (Wildman–Crippen LogP) is 7.29. The van der Waals surface area contributed by atoms with Crippen molar-refractivity contribution in [3.05, 3.63) is 74.4 Å². The molecule has 0 radical (unpaired) electrons. The van der Waals surface area contributed by atoms with E-state index in [0.29, 0.717) is 17.7 Å². The number of aryl methyl sites for hydroxylation is 2. The van der Waals surface area contributed by atoms with Gasteiger partial charge in [-0.3, -0.25) is 0 Å². The Bertz CT molecular complexity index is 1340. The maximum Gasteiger partial charge on any atom is 0.416 e. The van der Waals surface area contributed by atoms with Crippen molar-refractivity contribution in [1.82, 2.24) is 4.57 Å². The zero-order valence-electron chi connectivity index (χ0n) is 19.8. The summed E-state index contributed by atoms with van der Waals surface area (Å²) in [6.07, 6.45) is 1.15. The molecule has 0 saturated carbocycles. The number of nitriles is 1. The molecule has 0 amide bonds. The minimum absolute atomic E-state index is 0.259. The molecule has 2 heterocycles. The minimum atomic E-state index is -4.43. The number of thiophene rings is 1. The van der Waals surface area contributed by atoms with Crippen LogP contribution in [0.5, 0.6) is 0 Å². The summed E-state index contributed by atoms with van der Waals surface area (Å²) in [7, 11) is 0. The number of nitrogens with zero attached hydrogens (tertiary/aromatic N) is 2. The molecule has 0 unspecified atom stereocenters. The minimum Gasteiger partial charge on any atom is -0.462 e. The van der Waals surface area contributed by atoms with Crippen molar-refractivity contribution in [1.29, 1.82) is 5.26 Å². The molecule has 0 aliphatic heterocycles. The van der Waals surface area contributed by atoms with Crippen molar-refractivity contribution in [3.8, 4) is 11.1 Å². The third-order valence-electron chi connectivity index (χ3n) is 6.25. The van der Waals surface area contributed by atoms with E-state index in [-0.39, 0.29) is 11.5 Å². The third kappa shape index (κ3) is 4.78. The van der Waals surface area contributed by atoms with Gasteiger partial charge in [0.25, 0.3) is 0 Å². The fourth-order valence-corrected chi connectivity index (χ4v) is 6.03. The number of carbonyl (C=O) groups is 1. The zero-order valence-corrected chi connectivity index (χ0v) is 20.6. The molecule has 2 aromatic heterocycles. The Labute approximate surface area is 206 Å². The number of carbonyl (C=O) groups excluding carboxylic acids is 1. The summed E-state index contributed by atoms with van der Waals surface area (Å²) in [5, 5.41) is 10.6. The fourth-order valence-electron chi connectivity index (χ4n) is 4.54. The molecule has 0 spiro atoms. The predicted molar refractivity (Wildman–Crippen MR) is 131 cm³/mol. The van der Waals surface area contributed by atoms with Crippen LogP contribution in [0.4, 0.5) is 13.2 Å². The summed E-state index contributed by atoms with van der Waals surface area (Å²) in [5.41, 5.74) is 4.09. The molecular formula is C27H25F3N2O2S. The molecule has 1 aliphatic carbocycles. The second-order valence-electron chi connectivity index (χ2n) is 8.52. The highest BCUT2D eigenvalue weighted by molar-refractivity contribution is 7.15. The van der Waals surface area contributed by atoms with E-state index in [0.717, 1.165) is 65.3 Å². The average molecular weight is 499 g/mol. The lowest BCUT2D eigenvalue weighted by Crippen LogP contribution is -2.12. The standard InChI is InChI=1S/C27H25F3N2O2S/c1-4-34-26(33)24-22-7-5-6-8-23(22)35-25(24)32-16(2)13-19(17(32)3)14-20(15-31)18-9-11-21(12-10-18)27(28,29)30/h9-14H,4-8H2,1-3H3/b20-14+. The van der Waals surface area contributed by atoms with Crippen LogP contribution in [0.25, 0.3) is 16.7 Å². The molecule has 3 aromatic rings. The molecule has 1 aromatic carbocycles. The lowest BCUT2D eigenvalue weighted by molar-refractivity contribution is -0.137. The smallest absolute Gasteiger partial charge is 0.416 e. The summed E-state index contributed by atoms with van der Waals surface area (Å²) in [6.45, 7) is 5.92. The van der Waals surface area contributed by atoms with Crippen molar-refractivity contribution in [3.63, 3.8) is 0 Å². The van der Waals surface area contributed by atoms with E-state index in [1.807, 2.05) is 24.5 Å². The summed E-state index contributed by atoms with van der Waals surface area (Å²) < 4.78 is 46.2. The number of aromatic nitrogens is 1. The molecule has 0 atom stereocenters. The number of benzene rings is 1. The number of rotatable bonds is 5. The summed E-state index contributed by atoms with van der Waals surface area (Å²) in [6, 6.07) is 8.60.